The van der Waals surface area contributed by atoms with Gasteiger partial charge >= 0.3 is 0 Å². The van der Waals surface area contributed by atoms with E-state index in [4.69, 9.17) is 38.7 Å². The molecule has 0 fully saturated rings. The van der Waals surface area contributed by atoms with Crippen LogP contribution in [-0.4, -0.2) is 0 Å². The molecule has 0 aliphatic heterocycles. The minimum absolute atomic E-state index is 0.150. The fraction of sp³-hybridized carbons (Fsp3) is 0.0566. The Morgan fingerprint density at radius 3 is 2.38 bits per heavy atom. The molecule has 0 radical (unpaired) electrons. The number of hydrogen-bond acceptors (Lipinski definition) is 2. The minimum atomic E-state index is -4.02. The Kier molecular flexibility index (Phi) is 3.32. The Hall–Kier alpha value is -6.90. The monoisotopic (exact) mass is 747 g/mol. The SMILES string of the molecule is [2H]C=C([2H])/C([2H])=C(/[2H])c1cc([2H])c([2H])c(C(=C[2H])c2c([2H])c([2H])c([2H])c([2H])c2-c2cc3c([2H])c(N(c4c([2H])c([2H])c(-c5c([2H])c([2H])c([2H])c([2H])c5[2H])c([2H])c4[2H])c4c([2H])c([2H])c5c(c4[2H])C(C([2H])([2H])[2H])(C([2H])([2H])[2H])C(=C[2H])/C5=C(/[2H])C([2H])=C[2H])c([2H])c([2H])c3o2)c1[2H]. The van der Waals surface area contributed by atoms with Gasteiger partial charge in [-0.1, -0.05) is 161 Å². The van der Waals surface area contributed by atoms with E-state index in [2.05, 4.69) is 0 Å². The van der Waals surface area contributed by atoms with Gasteiger partial charge in [0.2, 0.25) is 0 Å². The number of fused-ring (bicyclic) bond motifs is 2. The molecule has 0 saturated heterocycles. The third-order valence-corrected chi connectivity index (χ3v) is 8.02. The minimum Gasteiger partial charge on any atom is -0.456 e. The Bertz CT molecular complexity index is 4540. The van der Waals surface area contributed by atoms with Crippen molar-refractivity contribution in [2.75, 3.05) is 4.90 Å². The fourth-order valence-corrected chi connectivity index (χ4v) is 5.49. The van der Waals surface area contributed by atoms with E-state index in [1.807, 2.05) is 0 Å². The van der Waals surface area contributed by atoms with E-state index in [1.54, 1.807) is 0 Å². The van der Waals surface area contributed by atoms with Crippen molar-refractivity contribution in [3.8, 4) is 22.5 Å². The highest BCUT2D eigenvalue weighted by Gasteiger charge is 2.37. The molecule has 0 saturated carbocycles. The smallest absolute Gasteiger partial charge is 0.136 e. The van der Waals surface area contributed by atoms with Crippen LogP contribution in [-0.2, 0) is 5.41 Å². The number of hydrogen-bond donors (Lipinski definition) is 0. The van der Waals surface area contributed by atoms with Gasteiger partial charge in [0.15, 0.2) is 0 Å². The highest BCUT2D eigenvalue weighted by Crippen LogP contribution is 2.51. The van der Waals surface area contributed by atoms with Crippen LogP contribution in [0.5, 0.6) is 0 Å². The molecule has 2 heteroatoms. The summed E-state index contributed by atoms with van der Waals surface area (Å²) in [5.41, 5.74) is -18.7. The molecule has 0 N–H and O–H groups in total. The lowest BCUT2D eigenvalue weighted by molar-refractivity contribution is 0.631. The first-order valence-electron chi connectivity index (χ1n) is 34.4. The quantitative estimate of drug-likeness (QED) is 0.130. The molecule has 7 aromatic rings. The highest BCUT2D eigenvalue weighted by molar-refractivity contribution is 5.94. The second kappa shape index (κ2) is 14.5. The van der Waals surface area contributed by atoms with Crippen molar-refractivity contribution in [2.24, 2.45) is 0 Å². The zero-order valence-electron chi connectivity index (χ0n) is 64.8. The predicted octanol–water partition coefficient (Wildman–Crippen LogP) is 14.9. The van der Waals surface area contributed by atoms with E-state index >= 15 is 0 Å². The van der Waals surface area contributed by atoms with Crippen LogP contribution in [0.25, 0.3) is 50.6 Å². The molecule has 0 spiro atoms. The Morgan fingerprint density at radius 2 is 1.56 bits per heavy atom. The van der Waals surface area contributed by atoms with Crippen LogP contribution in [0.15, 0.2) is 205 Å². The summed E-state index contributed by atoms with van der Waals surface area (Å²) < 4.78 is 335. The van der Waals surface area contributed by atoms with Crippen LogP contribution in [0.3, 0.4) is 0 Å². The van der Waals surface area contributed by atoms with Gasteiger partial charge in [0.1, 0.15) is 11.3 Å². The van der Waals surface area contributed by atoms with Gasteiger partial charge in [0, 0.05) is 41.7 Å². The van der Waals surface area contributed by atoms with Crippen molar-refractivity contribution in [1.82, 2.24) is 0 Å². The molecule has 1 aliphatic carbocycles. The average molecular weight is 747 g/mol. The third-order valence-electron chi connectivity index (χ3n) is 8.02. The van der Waals surface area contributed by atoms with Crippen molar-refractivity contribution >= 4 is 45.2 Å². The molecule has 0 bridgehead atoms. The predicted molar refractivity (Wildman–Crippen MR) is 236 cm³/mol. The summed E-state index contributed by atoms with van der Waals surface area (Å²) in [6, 6.07) is -28.5. The van der Waals surface area contributed by atoms with E-state index in [0.717, 1.165) is 12.1 Å². The summed E-state index contributed by atoms with van der Waals surface area (Å²) in [7, 11) is 0. The highest BCUT2D eigenvalue weighted by atomic mass is 16.3. The van der Waals surface area contributed by atoms with Gasteiger partial charge in [0.05, 0.1) is 42.5 Å². The summed E-state index contributed by atoms with van der Waals surface area (Å²) in [5.74, 6) is -0.794. The van der Waals surface area contributed by atoms with E-state index in [0.29, 0.717) is 13.1 Å². The summed E-state index contributed by atoms with van der Waals surface area (Å²) in [6.07, 6.45) is 0. The standard InChI is InChI=1S/C53H43NO/c1-7-9-17-38-18-15-21-41(32-38)36(3)46-22-13-14-23-49(46)52-34-42-33-44(29-31-51(42)55-52)54(43-26-24-40(25-27-43)39-19-11-10-12-20-39)45-28-30-48-47(16-8-2)37(4)53(5,6)50(48)35-45/h7-35H,1-4H2,5-6H3/b17-9-,47-16+/i1D,2D,3D,4D,5D3,6D3,7D,8D,9D,10D,11D,12D,13D,14D,15D,16D,17D,19D,20D,21D,22D,23D,24D,25D,26D,27D,28D,29D,30D,31D,32D,33D,35D/b7-1?,8-2?,17-9-,36-3?,37-4?,47-16+. The lowest BCUT2D eigenvalue weighted by Crippen LogP contribution is -2.16. The summed E-state index contributed by atoms with van der Waals surface area (Å²) in [4.78, 5) is 0.208. The molecule has 8 rings (SSSR count). The molecule has 0 atom stereocenters. The summed E-state index contributed by atoms with van der Waals surface area (Å²) in [6.45, 7) is -6.82. The van der Waals surface area contributed by atoms with Gasteiger partial charge < -0.3 is 9.32 Å². The van der Waals surface area contributed by atoms with Crippen LogP contribution >= 0.6 is 0 Å². The number of rotatable bonds is 10. The van der Waals surface area contributed by atoms with Gasteiger partial charge in [-0.05, 0) is 110 Å². The first-order valence-corrected chi connectivity index (χ1v) is 15.6. The fourth-order valence-electron chi connectivity index (χ4n) is 5.49. The first-order chi connectivity index (χ1) is 42.6. The largest absolute Gasteiger partial charge is 0.456 e. The van der Waals surface area contributed by atoms with Crippen LogP contribution < -0.4 is 4.90 Å². The first kappa shape index (κ1) is 12.6. The molecule has 6 aromatic carbocycles. The number of anilines is 3. The van der Waals surface area contributed by atoms with Crippen molar-refractivity contribution in [2.45, 2.75) is 19.1 Å². The van der Waals surface area contributed by atoms with Crippen molar-refractivity contribution in [1.29, 1.82) is 0 Å². The van der Waals surface area contributed by atoms with E-state index in [-0.39, 0.29) is 18.0 Å². The average Bonchev–Trinajstić information content (AvgIpc) is 1.47. The number of nitrogens with zero attached hydrogens (tertiary/aromatic N) is 1. The van der Waals surface area contributed by atoms with Gasteiger partial charge in [0.25, 0.3) is 0 Å². The maximum atomic E-state index is 10.0. The Labute approximate surface area is 376 Å². The van der Waals surface area contributed by atoms with E-state index in [9.17, 15) is 16.4 Å². The maximum Gasteiger partial charge on any atom is 0.136 e. The van der Waals surface area contributed by atoms with E-state index < -0.39 is 277 Å². The molecule has 1 aromatic heterocycles. The lowest BCUT2D eigenvalue weighted by Gasteiger charge is -2.28. The molecule has 0 unspecified atom stereocenters. The van der Waals surface area contributed by atoms with Crippen LogP contribution in [0.4, 0.5) is 17.1 Å². The van der Waals surface area contributed by atoms with E-state index in [1.165, 1.54) is 0 Å². The van der Waals surface area contributed by atoms with Crippen LogP contribution in [0.2, 0.25) is 0 Å². The second-order valence-electron chi connectivity index (χ2n) is 11.3. The molecular formula is C53H43NO. The summed E-state index contributed by atoms with van der Waals surface area (Å²) >= 11 is 0. The Balaban J connectivity index is 1.60. The number of allylic oxidation sites excluding steroid dienone is 6. The van der Waals surface area contributed by atoms with Crippen molar-refractivity contribution in [3.63, 3.8) is 0 Å². The summed E-state index contributed by atoms with van der Waals surface area (Å²) in [5, 5.41) is -0.738. The van der Waals surface area contributed by atoms with Gasteiger partial charge in [-0.3, -0.25) is 0 Å². The molecule has 55 heavy (non-hydrogen) atoms. The number of benzene rings is 6. The zero-order chi connectivity index (χ0) is 69.4. The molecule has 1 heterocycles. The Morgan fingerprint density at radius 1 is 0.782 bits per heavy atom. The topological polar surface area (TPSA) is 16.4 Å². The van der Waals surface area contributed by atoms with Crippen molar-refractivity contribution < 1.29 is 55.1 Å². The second-order valence-corrected chi connectivity index (χ2v) is 11.3. The lowest BCUT2D eigenvalue weighted by atomic mass is 9.83. The van der Waals surface area contributed by atoms with Gasteiger partial charge in [-0.2, -0.15) is 0 Å². The molecule has 266 valence electrons. The maximum absolute atomic E-state index is 10.0. The van der Waals surface area contributed by atoms with Gasteiger partial charge in [-0.25, -0.2) is 0 Å². The molecular weight excluding hydrogens is 667 g/mol. The molecule has 0 amide bonds. The number of furan rings is 1. The van der Waals surface area contributed by atoms with Gasteiger partial charge in [-0.15, -0.1) is 0 Å². The van der Waals surface area contributed by atoms with Crippen molar-refractivity contribution in [3.05, 3.63) is 229 Å². The normalized spacial score (nSPS) is 26.4. The third kappa shape index (κ3) is 6.53. The zero-order valence-corrected chi connectivity index (χ0v) is 27.8. The van der Waals surface area contributed by atoms with Crippen LogP contribution in [0, 0.1) is 0 Å². The molecule has 1 aliphatic rings. The van der Waals surface area contributed by atoms with Crippen LogP contribution in [0.1, 0.15) is 92.2 Å². The molecule has 2 nitrogen and oxygen atoms in total.